The lowest BCUT2D eigenvalue weighted by molar-refractivity contribution is 0.406. The lowest BCUT2D eigenvalue weighted by Gasteiger charge is -2.19. The summed E-state index contributed by atoms with van der Waals surface area (Å²) in [5.41, 5.74) is 2.02. The lowest BCUT2D eigenvalue weighted by Crippen LogP contribution is -2.29. The van der Waals surface area contributed by atoms with Crippen LogP contribution in [-0.4, -0.2) is 15.4 Å². The zero-order valence-electron chi connectivity index (χ0n) is 7.31. The molecule has 10 heavy (non-hydrogen) atoms. The smallest absolute Gasteiger partial charge is 0.212 e. The molecule has 0 radical (unpaired) electrons. The number of unbranched alkanes of at least 4 members (excludes halogenated alkanes) is 1. The monoisotopic (exact) mass is 158 g/mol. The summed E-state index contributed by atoms with van der Waals surface area (Å²) in [6.07, 6.45) is 2.52. The van der Waals surface area contributed by atoms with Crippen LogP contribution in [0.4, 0.5) is 0 Å². The van der Waals surface area contributed by atoms with Crippen molar-refractivity contribution in [2.75, 3.05) is 7.11 Å². The quantitative estimate of drug-likeness (QED) is 0.559. The van der Waals surface area contributed by atoms with Crippen LogP contribution in [0.2, 0.25) is 12.6 Å². The summed E-state index contributed by atoms with van der Waals surface area (Å²) in [6, 6.07) is 1.21. The minimum Gasteiger partial charge on any atom is -0.416 e. The van der Waals surface area contributed by atoms with Crippen LogP contribution < -0.4 is 0 Å². The summed E-state index contributed by atoms with van der Waals surface area (Å²) in [4.78, 5) is 0. The summed E-state index contributed by atoms with van der Waals surface area (Å²) in [6.45, 7) is 8.20. The van der Waals surface area contributed by atoms with Crippen molar-refractivity contribution in [2.24, 2.45) is 0 Å². The van der Waals surface area contributed by atoms with Gasteiger partial charge in [-0.2, -0.15) is 0 Å². The summed E-state index contributed by atoms with van der Waals surface area (Å²) < 4.78 is 5.41. The van der Waals surface area contributed by atoms with Gasteiger partial charge in [0.1, 0.15) is 0 Å². The molecule has 2 heteroatoms. The average Bonchev–Trinajstić information content (AvgIpc) is 2.00. The molecule has 0 aliphatic carbocycles. The molecule has 0 aliphatic rings. The normalized spacial score (nSPS) is 16.3. The topological polar surface area (TPSA) is 9.23 Å². The van der Waals surface area contributed by atoms with E-state index in [1.54, 1.807) is 7.11 Å². The highest BCUT2D eigenvalue weighted by molar-refractivity contribution is 6.77. The third-order valence-electron chi connectivity index (χ3n) is 1.92. The fraction of sp³-hybridized carbons (Fsp3) is 0.750. The number of rotatable bonds is 5. The molecule has 0 rings (SSSR count). The van der Waals surface area contributed by atoms with Crippen LogP contribution in [0.15, 0.2) is 12.3 Å². The first kappa shape index (κ1) is 9.92. The number of hydrogen-bond donors (Lipinski definition) is 0. The van der Waals surface area contributed by atoms with E-state index in [1.807, 2.05) is 5.70 Å². The second-order valence-electron chi connectivity index (χ2n) is 2.82. The van der Waals surface area contributed by atoms with E-state index >= 15 is 0 Å². The van der Waals surface area contributed by atoms with Crippen molar-refractivity contribution in [3.8, 4) is 0 Å². The van der Waals surface area contributed by atoms with Crippen LogP contribution in [0.3, 0.4) is 0 Å². The first-order chi connectivity index (χ1) is 4.68. The molecule has 0 saturated heterocycles. The van der Waals surface area contributed by atoms with Gasteiger partial charge < -0.3 is 4.43 Å². The molecule has 1 nitrogen and oxygen atoms in total. The first-order valence-corrected chi connectivity index (χ1v) is 6.56. The Hall–Kier alpha value is -0.0831. The van der Waals surface area contributed by atoms with E-state index < -0.39 is 8.32 Å². The van der Waals surface area contributed by atoms with Gasteiger partial charge in [0.25, 0.3) is 0 Å². The molecule has 60 valence electrons. The van der Waals surface area contributed by atoms with Gasteiger partial charge in [0, 0.05) is 7.11 Å². The molecule has 1 atom stereocenters. The van der Waals surface area contributed by atoms with Crippen LogP contribution in [0.25, 0.3) is 0 Å². The number of hydrogen-bond acceptors (Lipinski definition) is 1. The molecule has 0 aromatic heterocycles. The van der Waals surface area contributed by atoms with Gasteiger partial charge in [-0.25, -0.2) is 0 Å². The predicted molar refractivity (Wildman–Crippen MR) is 48.5 cm³/mol. The zero-order valence-corrected chi connectivity index (χ0v) is 8.31. The van der Waals surface area contributed by atoms with Gasteiger partial charge in [0.15, 0.2) is 0 Å². The van der Waals surface area contributed by atoms with E-state index in [2.05, 4.69) is 20.0 Å². The van der Waals surface area contributed by atoms with E-state index in [9.17, 15) is 0 Å². The van der Waals surface area contributed by atoms with Crippen molar-refractivity contribution in [1.82, 2.24) is 0 Å². The Balaban J connectivity index is 3.68. The zero-order chi connectivity index (χ0) is 8.04. The molecule has 0 spiro atoms. The fourth-order valence-electron chi connectivity index (χ4n) is 0.815. The molecular weight excluding hydrogens is 140 g/mol. The maximum absolute atomic E-state index is 5.41. The molecule has 0 aromatic carbocycles. The maximum Gasteiger partial charge on any atom is 0.212 e. The highest BCUT2D eigenvalue weighted by Gasteiger charge is 2.21. The molecule has 0 amide bonds. The molecule has 0 bridgehead atoms. The Morgan fingerprint density at radius 3 is 2.50 bits per heavy atom. The van der Waals surface area contributed by atoms with Gasteiger partial charge in [-0.05, 0) is 12.6 Å². The highest BCUT2D eigenvalue weighted by atomic mass is 28.4. The van der Waals surface area contributed by atoms with Crippen molar-refractivity contribution in [2.45, 2.75) is 32.4 Å². The SMILES string of the molecule is C=C[Si](C)(CCCC)OC. The third-order valence-corrected chi connectivity index (χ3v) is 5.07. The Morgan fingerprint density at radius 1 is 1.60 bits per heavy atom. The molecule has 1 unspecified atom stereocenters. The molecule has 0 saturated carbocycles. The van der Waals surface area contributed by atoms with Crippen LogP contribution in [0.1, 0.15) is 19.8 Å². The standard InChI is InChI=1S/C8H18OSi/c1-5-7-8-10(4,6-2)9-3/h6H,2,5,7-8H2,1,3-4H3. The van der Waals surface area contributed by atoms with Gasteiger partial charge >= 0.3 is 0 Å². The van der Waals surface area contributed by atoms with Crippen molar-refractivity contribution in [1.29, 1.82) is 0 Å². The van der Waals surface area contributed by atoms with Crippen molar-refractivity contribution in [3.05, 3.63) is 12.3 Å². The van der Waals surface area contributed by atoms with E-state index in [4.69, 9.17) is 4.43 Å². The summed E-state index contributed by atoms with van der Waals surface area (Å²) in [5.74, 6) is 0. The molecule has 0 fully saturated rings. The molecule has 0 aliphatic heterocycles. The van der Waals surface area contributed by atoms with Crippen LogP contribution in [0.5, 0.6) is 0 Å². The minimum atomic E-state index is -1.45. The third kappa shape index (κ3) is 3.18. The molecule has 0 aromatic rings. The van der Waals surface area contributed by atoms with Crippen LogP contribution in [-0.2, 0) is 4.43 Å². The van der Waals surface area contributed by atoms with Gasteiger partial charge in [0.2, 0.25) is 8.32 Å². The predicted octanol–water partition coefficient (Wildman–Crippen LogP) is 2.73. The van der Waals surface area contributed by atoms with Gasteiger partial charge in [-0.15, -0.1) is 6.58 Å². The average molecular weight is 158 g/mol. The Bertz CT molecular complexity index is 103. The van der Waals surface area contributed by atoms with Crippen molar-refractivity contribution >= 4 is 8.32 Å². The fourth-order valence-corrected chi connectivity index (χ4v) is 2.45. The second kappa shape index (κ2) is 4.69. The summed E-state index contributed by atoms with van der Waals surface area (Å²) >= 11 is 0. The molecule has 0 N–H and O–H groups in total. The Labute approximate surface area is 65.2 Å². The maximum atomic E-state index is 5.41. The van der Waals surface area contributed by atoms with E-state index in [0.717, 1.165) is 0 Å². The van der Waals surface area contributed by atoms with E-state index in [-0.39, 0.29) is 0 Å². The van der Waals surface area contributed by atoms with Crippen LogP contribution >= 0.6 is 0 Å². The summed E-state index contributed by atoms with van der Waals surface area (Å²) in [7, 11) is 0.341. The van der Waals surface area contributed by atoms with Crippen molar-refractivity contribution < 1.29 is 4.43 Å². The van der Waals surface area contributed by atoms with Gasteiger partial charge in [-0.1, -0.05) is 25.5 Å². The largest absolute Gasteiger partial charge is 0.416 e. The van der Waals surface area contributed by atoms with Gasteiger partial charge in [0.05, 0.1) is 0 Å². The van der Waals surface area contributed by atoms with E-state index in [0.29, 0.717) is 0 Å². The Kier molecular flexibility index (Phi) is 4.65. The second-order valence-corrected chi connectivity index (χ2v) is 6.77. The highest BCUT2D eigenvalue weighted by Crippen LogP contribution is 2.14. The van der Waals surface area contributed by atoms with E-state index in [1.165, 1.54) is 18.9 Å². The molecule has 0 heterocycles. The Morgan fingerprint density at radius 2 is 2.20 bits per heavy atom. The molecular formula is C8H18OSi. The minimum absolute atomic E-state index is 1.21. The summed E-state index contributed by atoms with van der Waals surface area (Å²) in [5, 5.41) is 0. The van der Waals surface area contributed by atoms with Crippen LogP contribution in [0, 0.1) is 0 Å². The first-order valence-electron chi connectivity index (χ1n) is 3.87. The van der Waals surface area contributed by atoms with Gasteiger partial charge in [-0.3, -0.25) is 0 Å². The van der Waals surface area contributed by atoms with Crippen molar-refractivity contribution in [3.63, 3.8) is 0 Å². The lowest BCUT2D eigenvalue weighted by atomic mass is 10.4.